The van der Waals surface area contributed by atoms with Crippen LogP contribution in [0.4, 0.5) is 4.79 Å². The van der Waals surface area contributed by atoms with Gasteiger partial charge in [0.05, 0.1) is 13.7 Å². The summed E-state index contributed by atoms with van der Waals surface area (Å²) in [6.07, 6.45) is 1.07. The molecule has 1 fully saturated rings. The van der Waals surface area contributed by atoms with Gasteiger partial charge in [-0.05, 0) is 25.3 Å². The van der Waals surface area contributed by atoms with Crippen LogP contribution < -0.4 is 5.32 Å². The predicted molar refractivity (Wildman–Crippen MR) is 62.0 cm³/mol. The Bertz CT molecular complexity index is 331. The van der Waals surface area contributed by atoms with Gasteiger partial charge in [0.1, 0.15) is 0 Å². The van der Waals surface area contributed by atoms with E-state index in [-0.39, 0.29) is 18.9 Å². The summed E-state index contributed by atoms with van der Waals surface area (Å²) in [6, 6.07) is 0. The first kappa shape index (κ1) is 14.4. The number of ether oxygens (including phenoxy) is 1. The first-order valence-electron chi connectivity index (χ1n) is 5.83. The second kappa shape index (κ2) is 6.95. The van der Waals surface area contributed by atoms with Gasteiger partial charge in [-0.25, -0.2) is 4.79 Å². The molecule has 7 nitrogen and oxygen atoms in total. The lowest BCUT2D eigenvalue weighted by molar-refractivity contribution is -0.138. The molecule has 102 valence electrons. The molecule has 0 aromatic carbocycles. The molecule has 0 aromatic rings. The normalized spacial score (nSPS) is 20.2. The number of nitrogens with one attached hydrogen (secondary N) is 1. The number of carbonyl (C=O) groups is 3. The van der Waals surface area contributed by atoms with E-state index in [1.165, 1.54) is 7.11 Å². The number of hydrogen-bond donors (Lipinski definition) is 2. The average Bonchev–Trinajstić information content (AvgIpc) is 2.28. The highest BCUT2D eigenvalue weighted by Gasteiger charge is 2.23. The van der Waals surface area contributed by atoms with Gasteiger partial charge in [-0.3, -0.25) is 19.8 Å². The smallest absolute Gasteiger partial charge is 0.413 e. The summed E-state index contributed by atoms with van der Waals surface area (Å²) in [7, 11) is 1.19. The Morgan fingerprint density at radius 2 is 2.17 bits per heavy atom. The number of carbonyl (C=O) groups excluding carboxylic acids is 2. The molecule has 7 heteroatoms. The van der Waals surface area contributed by atoms with Gasteiger partial charge in [-0.2, -0.15) is 0 Å². The van der Waals surface area contributed by atoms with Crippen molar-refractivity contribution in [2.75, 3.05) is 26.7 Å². The monoisotopic (exact) mass is 258 g/mol. The highest BCUT2D eigenvalue weighted by molar-refractivity contribution is 5.92. The fraction of sp³-hybridized carbons (Fsp3) is 0.727. The molecule has 0 spiro atoms. The molecule has 2 N–H and O–H groups in total. The summed E-state index contributed by atoms with van der Waals surface area (Å²) >= 11 is 0. The molecule has 0 aromatic heterocycles. The van der Waals surface area contributed by atoms with Crippen LogP contribution in [0.15, 0.2) is 0 Å². The minimum atomic E-state index is -0.819. The molecule has 1 heterocycles. The van der Waals surface area contributed by atoms with Gasteiger partial charge >= 0.3 is 12.1 Å². The standard InChI is InChI=1S/C11H18N2O5/c1-18-11(17)12-9(14)7-13-4-2-3-8(6-13)5-10(15)16/h8H,2-7H2,1H3,(H,15,16)(H,12,14,17). The predicted octanol–water partition coefficient (Wildman–Crippen LogP) is 0.0557. The third-order valence-electron chi connectivity index (χ3n) is 2.86. The van der Waals surface area contributed by atoms with Gasteiger partial charge in [-0.15, -0.1) is 0 Å². The molecule has 0 radical (unpaired) electrons. The molecule has 0 aliphatic carbocycles. The lowest BCUT2D eigenvalue weighted by Gasteiger charge is -2.31. The Kier molecular flexibility index (Phi) is 5.57. The number of hydrogen-bond acceptors (Lipinski definition) is 5. The van der Waals surface area contributed by atoms with Crippen LogP contribution >= 0.6 is 0 Å². The first-order valence-corrected chi connectivity index (χ1v) is 5.83. The number of rotatable bonds is 4. The van der Waals surface area contributed by atoms with E-state index in [2.05, 4.69) is 10.1 Å². The maximum Gasteiger partial charge on any atom is 0.413 e. The highest BCUT2D eigenvalue weighted by atomic mass is 16.5. The van der Waals surface area contributed by atoms with Gasteiger partial charge in [0.15, 0.2) is 0 Å². The first-order chi connectivity index (χ1) is 8.51. The molecule has 2 amide bonds. The van der Waals surface area contributed by atoms with Crippen LogP contribution in [-0.2, 0) is 14.3 Å². The van der Waals surface area contributed by atoms with Crippen LogP contribution in [0.3, 0.4) is 0 Å². The van der Waals surface area contributed by atoms with Crippen molar-refractivity contribution in [3.05, 3.63) is 0 Å². The van der Waals surface area contributed by atoms with E-state index in [9.17, 15) is 14.4 Å². The van der Waals surface area contributed by atoms with Crippen LogP contribution in [0.5, 0.6) is 0 Å². The highest BCUT2D eigenvalue weighted by Crippen LogP contribution is 2.19. The Morgan fingerprint density at radius 1 is 1.44 bits per heavy atom. The van der Waals surface area contributed by atoms with E-state index in [1.54, 1.807) is 0 Å². The number of alkyl carbamates (subject to hydrolysis) is 1. The minimum absolute atomic E-state index is 0.0715. The SMILES string of the molecule is COC(=O)NC(=O)CN1CCCC(CC(=O)O)C1. The van der Waals surface area contributed by atoms with E-state index in [1.807, 2.05) is 4.90 Å². The van der Waals surface area contributed by atoms with Crippen molar-refractivity contribution in [2.24, 2.45) is 5.92 Å². The largest absolute Gasteiger partial charge is 0.481 e. The molecular formula is C11H18N2O5. The third-order valence-corrected chi connectivity index (χ3v) is 2.86. The van der Waals surface area contributed by atoms with Crippen molar-refractivity contribution < 1.29 is 24.2 Å². The molecule has 18 heavy (non-hydrogen) atoms. The van der Waals surface area contributed by atoms with Crippen molar-refractivity contribution in [2.45, 2.75) is 19.3 Å². The topological polar surface area (TPSA) is 95.9 Å². The molecule has 0 bridgehead atoms. The number of likely N-dealkylation sites (tertiary alicyclic amines) is 1. The quantitative estimate of drug-likeness (QED) is 0.740. The number of aliphatic carboxylic acids is 1. The summed E-state index contributed by atoms with van der Waals surface area (Å²) in [5.74, 6) is -1.18. The summed E-state index contributed by atoms with van der Waals surface area (Å²) in [5, 5.41) is 10.8. The van der Waals surface area contributed by atoms with Crippen LogP contribution in [0.2, 0.25) is 0 Å². The molecule has 1 rings (SSSR count). The zero-order valence-electron chi connectivity index (χ0n) is 10.3. The van der Waals surface area contributed by atoms with Gasteiger partial charge in [-0.1, -0.05) is 0 Å². The molecule has 0 saturated carbocycles. The number of methoxy groups -OCH3 is 1. The van der Waals surface area contributed by atoms with Crippen molar-refractivity contribution in [3.8, 4) is 0 Å². The second-order valence-electron chi connectivity index (χ2n) is 4.38. The molecule has 1 atom stereocenters. The van der Waals surface area contributed by atoms with Crippen molar-refractivity contribution in [1.29, 1.82) is 0 Å². The van der Waals surface area contributed by atoms with E-state index in [4.69, 9.17) is 5.11 Å². The van der Waals surface area contributed by atoms with Gasteiger partial charge in [0.25, 0.3) is 0 Å². The van der Waals surface area contributed by atoms with Crippen molar-refractivity contribution >= 4 is 18.0 Å². The maximum atomic E-state index is 11.4. The number of piperidine rings is 1. The molecule has 1 saturated heterocycles. The Labute approximate surface area is 105 Å². The summed E-state index contributed by atoms with van der Waals surface area (Å²) in [5.41, 5.74) is 0. The molecule has 1 unspecified atom stereocenters. The Balaban J connectivity index is 2.35. The van der Waals surface area contributed by atoms with E-state index >= 15 is 0 Å². The summed E-state index contributed by atoms with van der Waals surface area (Å²) in [4.78, 5) is 34.7. The third kappa shape index (κ3) is 5.13. The lowest BCUT2D eigenvalue weighted by atomic mass is 9.95. The minimum Gasteiger partial charge on any atom is -0.481 e. The number of carboxylic acids is 1. The molecular weight excluding hydrogens is 240 g/mol. The van der Waals surface area contributed by atoms with Crippen LogP contribution in [0.25, 0.3) is 0 Å². The molecule has 1 aliphatic heterocycles. The fourth-order valence-electron chi connectivity index (χ4n) is 2.12. The van der Waals surface area contributed by atoms with E-state index in [0.29, 0.717) is 6.54 Å². The second-order valence-corrected chi connectivity index (χ2v) is 4.38. The van der Waals surface area contributed by atoms with Crippen molar-refractivity contribution in [1.82, 2.24) is 10.2 Å². The molecule has 1 aliphatic rings. The van der Waals surface area contributed by atoms with Crippen LogP contribution in [0.1, 0.15) is 19.3 Å². The number of amides is 2. The van der Waals surface area contributed by atoms with Crippen LogP contribution in [-0.4, -0.2) is 54.7 Å². The van der Waals surface area contributed by atoms with Gasteiger partial charge in [0.2, 0.25) is 5.91 Å². The summed E-state index contributed by atoms with van der Waals surface area (Å²) < 4.78 is 4.32. The Morgan fingerprint density at radius 3 is 2.78 bits per heavy atom. The maximum absolute atomic E-state index is 11.4. The van der Waals surface area contributed by atoms with E-state index < -0.39 is 18.0 Å². The fourth-order valence-corrected chi connectivity index (χ4v) is 2.12. The average molecular weight is 258 g/mol. The zero-order chi connectivity index (χ0) is 13.5. The van der Waals surface area contributed by atoms with Gasteiger partial charge < -0.3 is 9.84 Å². The number of imide groups is 1. The van der Waals surface area contributed by atoms with Crippen molar-refractivity contribution in [3.63, 3.8) is 0 Å². The lowest BCUT2D eigenvalue weighted by Crippen LogP contribution is -2.44. The number of nitrogens with zero attached hydrogens (tertiary/aromatic N) is 1. The zero-order valence-corrected chi connectivity index (χ0v) is 10.3. The van der Waals surface area contributed by atoms with E-state index in [0.717, 1.165) is 19.4 Å². The summed E-state index contributed by atoms with van der Waals surface area (Å²) in [6.45, 7) is 1.40. The van der Waals surface area contributed by atoms with Crippen LogP contribution in [0, 0.1) is 5.92 Å². The number of carboxylic acid groups (broad SMARTS) is 1. The van der Waals surface area contributed by atoms with Gasteiger partial charge in [0, 0.05) is 13.0 Å². The Hall–Kier alpha value is -1.63.